The van der Waals surface area contributed by atoms with Gasteiger partial charge < -0.3 is 15.0 Å². The van der Waals surface area contributed by atoms with Crippen LogP contribution in [0.1, 0.15) is 27.7 Å². The SMILES string of the molecule is CC.CC(C)Nc1nc(-c2cc(=O)c3ccc(OCCN4CCN(CC(F)(F)F)CC4)c(Cl)c3[nH]2)cs1. The highest BCUT2D eigenvalue weighted by molar-refractivity contribution is 7.14. The predicted octanol–water partition coefficient (Wildman–Crippen LogP) is 5.71. The summed E-state index contributed by atoms with van der Waals surface area (Å²) in [4.78, 5) is 23.9. The van der Waals surface area contributed by atoms with Crippen molar-refractivity contribution < 1.29 is 17.9 Å². The van der Waals surface area contributed by atoms with Gasteiger partial charge in [-0.25, -0.2) is 4.98 Å². The summed E-state index contributed by atoms with van der Waals surface area (Å²) in [5, 5.41) is 6.62. The summed E-state index contributed by atoms with van der Waals surface area (Å²) in [7, 11) is 0. The lowest BCUT2D eigenvalue weighted by molar-refractivity contribution is -0.149. The number of H-pyrrole nitrogens is 1. The van der Waals surface area contributed by atoms with E-state index in [1.807, 2.05) is 33.1 Å². The van der Waals surface area contributed by atoms with Crippen molar-refractivity contribution in [3.05, 3.63) is 38.8 Å². The van der Waals surface area contributed by atoms with Gasteiger partial charge >= 0.3 is 6.18 Å². The number of rotatable bonds is 8. The van der Waals surface area contributed by atoms with Crippen LogP contribution in [0.2, 0.25) is 5.02 Å². The number of hydrogen-bond acceptors (Lipinski definition) is 7. The molecule has 0 bridgehead atoms. The third-order valence-corrected chi connectivity index (χ3v) is 6.78. The lowest BCUT2D eigenvalue weighted by Crippen LogP contribution is -2.49. The Morgan fingerprint density at radius 2 is 1.86 bits per heavy atom. The molecule has 7 nitrogen and oxygen atoms in total. The van der Waals surface area contributed by atoms with Gasteiger partial charge in [0.15, 0.2) is 10.6 Å². The van der Waals surface area contributed by atoms with Gasteiger partial charge in [-0.05, 0) is 26.0 Å². The molecule has 3 aromatic rings. The Bertz CT molecular complexity index is 1220. The minimum absolute atomic E-state index is 0.176. The molecule has 2 N–H and O–H groups in total. The van der Waals surface area contributed by atoms with E-state index in [1.165, 1.54) is 22.3 Å². The lowest BCUT2D eigenvalue weighted by atomic mass is 10.1. The Hall–Kier alpha value is -2.34. The summed E-state index contributed by atoms with van der Waals surface area (Å²) >= 11 is 8.05. The van der Waals surface area contributed by atoms with Gasteiger partial charge in [0.2, 0.25) is 0 Å². The van der Waals surface area contributed by atoms with Crippen LogP contribution < -0.4 is 15.5 Å². The highest BCUT2D eigenvalue weighted by Gasteiger charge is 2.32. The van der Waals surface area contributed by atoms with E-state index in [0.29, 0.717) is 72.4 Å². The van der Waals surface area contributed by atoms with Crippen LogP contribution in [0.5, 0.6) is 5.75 Å². The number of nitrogens with one attached hydrogen (secondary N) is 2. The third kappa shape index (κ3) is 8.07. The molecule has 0 unspecified atom stereocenters. The molecule has 204 valence electrons. The summed E-state index contributed by atoms with van der Waals surface area (Å²) in [5.41, 5.74) is 1.50. The maximum atomic E-state index is 12.7. The van der Waals surface area contributed by atoms with Gasteiger partial charge in [0.05, 0.1) is 23.4 Å². The predicted molar refractivity (Wildman–Crippen MR) is 145 cm³/mol. The van der Waals surface area contributed by atoms with Gasteiger partial charge in [-0.1, -0.05) is 25.4 Å². The molecule has 12 heteroatoms. The molecule has 0 aliphatic carbocycles. The number of alkyl halides is 3. The first-order valence-corrected chi connectivity index (χ1v) is 13.6. The molecule has 3 heterocycles. The minimum atomic E-state index is -4.17. The zero-order valence-electron chi connectivity index (χ0n) is 21.4. The highest BCUT2D eigenvalue weighted by Crippen LogP contribution is 2.32. The molecule has 0 saturated carbocycles. The Morgan fingerprint density at radius 1 is 1.19 bits per heavy atom. The first kappa shape index (κ1) is 29.2. The summed E-state index contributed by atoms with van der Waals surface area (Å²) in [6.45, 7) is 9.88. The summed E-state index contributed by atoms with van der Waals surface area (Å²) in [6.07, 6.45) is -4.17. The molecule has 1 aliphatic rings. The quantitative estimate of drug-likeness (QED) is 0.368. The molecular formula is C25H33ClF3N5O2S. The maximum absolute atomic E-state index is 12.7. The second-order valence-corrected chi connectivity index (χ2v) is 10.0. The van der Waals surface area contributed by atoms with E-state index < -0.39 is 12.7 Å². The summed E-state index contributed by atoms with van der Waals surface area (Å²) < 4.78 is 43.5. The van der Waals surface area contributed by atoms with Gasteiger partial charge in [-0.15, -0.1) is 11.3 Å². The summed E-state index contributed by atoms with van der Waals surface area (Å²) in [6, 6.07) is 5.07. The number of ether oxygens (including phenoxy) is 1. The zero-order chi connectivity index (χ0) is 27.2. The van der Waals surface area contributed by atoms with E-state index in [2.05, 4.69) is 20.2 Å². The molecule has 0 radical (unpaired) electrons. The van der Waals surface area contributed by atoms with E-state index in [9.17, 15) is 18.0 Å². The molecule has 37 heavy (non-hydrogen) atoms. The van der Waals surface area contributed by atoms with E-state index in [-0.39, 0.29) is 11.5 Å². The van der Waals surface area contributed by atoms with Gasteiger partial charge in [0.25, 0.3) is 0 Å². The molecule has 1 saturated heterocycles. The average Bonchev–Trinajstić information content (AvgIpc) is 3.30. The number of nitrogens with zero attached hydrogens (tertiary/aromatic N) is 3. The minimum Gasteiger partial charge on any atom is -0.491 e. The van der Waals surface area contributed by atoms with Crippen molar-refractivity contribution in [2.45, 2.75) is 39.9 Å². The number of pyridine rings is 1. The number of piperazine rings is 1. The number of thiazole rings is 1. The smallest absolute Gasteiger partial charge is 0.401 e. The Morgan fingerprint density at radius 3 is 2.51 bits per heavy atom. The van der Waals surface area contributed by atoms with Crippen LogP contribution in [-0.2, 0) is 0 Å². The standard InChI is InChI=1S/C23H27ClF3N5O2S.C2H6/c1-14(2)28-22-30-17(12-35-22)16-11-18(33)15-3-4-19(20(24)21(15)29-16)34-10-9-31-5-7-32(8-6-31)13-23(25,26)27;1-2/h3-4,11-12,14H,5-10,13H2,1-2H3,(H,28,30)(H,29,33);1-2H3. The van der Waals surface area contributed by atoms with E-state index in [1.54, 1.807) is 12.1 Å². The van der Waals surface area contributed by atoms with Gasteiger partial charge in [-0.2, -0.15) is 13.2 Å². The van der Waals surface area contributed by atoms with Crippen LogP contribution in [0.25, 0.3) is 22.3 Å². The number of halogens is 4. The number of anilines is 1. The Kier molecular flexibility index (Phi) is 10.2. The molecule has 1 aliphatic heterocycles. The van der Waals surface area contributed by atoms with Crippen molar-refractivity contribution in [1.82, 2.24) is 19.8 Å². The van der Waals surface area contributed by atoms with Crippen molar-refractivity contribution in [2.75, 3.05) is 51.2 Å². The molecule has 1 aromatic carbocycles. The van der Waals surface area contributed by atoms with Crippen molar-refractivity contribution >= 4 is 39.0 Å². The highest BCUT2D eigenvalue weighted by atomic mass is 35.5. The molecule has 1 fully saturated rings. The van der Waals surface area contributed by atoms with Gasteiger partial charge in [0, 0.05) is 55.6 Å². The second-order valence-electron chi connectivity index (χ2n) is 8.77. The molecular weight excluding hydrogens is 527 g/mol. The topological polar surface area (TPSA) is 73.5 Å². The van der Waals surface area contributed by atoms with Crippen molar-refractivity contribution in [1.29, 1.82) is 0 Å². The Balaban J connectivity index is 0.00000186. The van der Waals surface area contributed by atoms with E-state index >= 15 is 0 Å². The molecule has 4 rings (SSSR count). The number of hydrogen-bond donors (Lipinski definition) is 2. The van der Waals surface area contributed by atoms with Crippen LogP contribution in [0.4, 0.5) is 18.3 Å². The van der Waals surface area contributed by atoms with Gasteiger partial charge in [-0.3, -0.25) is 14.6 Å². The fourth-order valence-electron chi connectivity index (χ4n) is 3.93. The van der Waals surface area contributed by atoms with Crippen LogP contribution in [0.3, 0.4) is 0 Å². The maximum Gasteiger partial charge on any atom is 0.401 e. The summed E-state index contributed by atoms with van der Waals surface area (Å²) in [5.74, 6) is 0.433. The van der Waals surface area contributed by atoms with E-state index in [0.717, 1.165) is 5.13 Å². The fraction of sp³-hybridized carbons (Fsp3) is 0.520. The molecule has 0 spiro atoms. The number of fused-ring (bicyclic) bond motifs is 1. The normalized spacial score (nSPS) is 15.1. The van der Waals surface area contributed by atoms with Crippen molar-refractivity contribution in [2.24, 2.45) is 0 Å². The van der Waals surface area contributed by atoms with E-state index in [4.69, 9.17) is 16.3 Å². The fourth-order valence-corrected chi connectivity index (χ4v) is 5.06. The largest absolute Gasteiger partial charge is 0.491 e. The van der Waals surface area contributed by atoms with Crippen LogP contribution in [0, 0.1) is 0 Å². The first-order chi connectivity index (χ1) is 17.6. The third-order valence-electron chi connectivity index (χ3n) is 5.63. The molecule has 0 atom stereocenters. The van der Waals surface area contributed by atoms with Crippen molar-refractivity contribution in [3.8, 4) is 17.1 Å². The average molecular weight is 560 g/mol. The first-order valence-electron chi connectivity index (χ1n) is 12.3. The van der Waals surface area contributed by atoms with Crippen LogP contribution >= 0.6 is 22.9 Å². The van der Waals surface area contributed by atoms with Crippen molar-refractivity contribution in [3.63, 3.8) is 0 Å². The number of aromatic nitrogens is 2. The Labute approximate surface area is 223 Å². The monoisotopic (exact) mass is 559 g/mol. The van der Waals surface area contributed by atoms with Crippen LogP contribution in [-0.4, -0.2) is 77.9 Å². The second kappa shape index (κ2) is 12.9. The zero-order valence-corrected chi connectivity index (χ0v) is 23.0. The number of benzene rings is 1. The number of aromatic amines is 1. The molecule has 2 aromatic heterocycles. The lowest BCUT2D eigenvalue weighted by Gasteiger charge is -2.34. The van der Waals surface area contributed by atoms with Gasteiger partial charge in [0.1, 0.15) is 17.4 Å². The molecule has 0 amide bonds. The van der Waals surface area contributed by atoms with Crippen LogP contribution in [0.15, 0.2) is 28.4 Å².